The van der Waals surface area contributed by atoms with Gasteiger partial charge in [0.05, 0.1) is 12.0 Å². The average Bonchev–Trinajstić information content (AvgIpc) is 2.78. The molecule has 9 heteroatoms. The monoisotopic (exact) mass is 429 g/mol. The molecule has 0 bridgehead atoms. The molecule has 30 heavy (non-hydrogen) atoms. The molecule has 1 fully saturated rings. The van der Waals surface area contributed by atoms with Gasteiger partial charge < -0.3 is 9.64 Å². The average molecular weight is 430 g/mol. The van der Waals surface area contributed by atoms with E-state index >= 15 is 0 Å². The Morgan fingerprint density at radius 3 is 2.60 bits per heavy atom. The van der Waals surface area contributed by atoms with E-state index in [0.29, 0.717) is 31.3 Å². The molecule has 0 spiro atoms. The van der Waals surface area contributed by atoms with Crippen LogP contribution in [0.1, 0.15) is 12.8 Å². The zero-order valence-corrected chi connectivity index (χ0v) is 17.9. The van der Waals surface area contributed by atoms with E-state index in [1.165, 1.54) is 7.11 Å². The Morgan fingerprint density at radius 1 is 1.20 bits per heavy atom. The number of ether oxygens (including phenoxy) is 1. The maximum Gasteiger partial charge on any atom is 0.240 e. The van der Waals surface area contributed by atoms with Crippen LogP contribution in [0.5, 0.6) is 5.75 Å². The van der Waals surface area contributed by atoms with Gasteiger partial charge in [0.2, 0.25) is 10.0 Å². The maximum absolute atomic E-state index is 12.7. The van der Waals surface area contributed by atoms with Crippen molar-refractivity contribution in [2.24, 2.45) is 11.0 Å². The summed E-state index contributed by atoms with van der Waals surface area (Å²) in [5, 5.41) is 3.65. The van der Waals surface area contributed by atoms with E-state index in [0.717, 1.165) is 37.1 Å². The van der Waals surface area contributed by atoms with E-state index in [4.69, 9.17) is 10.3 Å². The Labute approximate surface area is 177 Å². The molecule has 2 aromatic rings. The van der Waals surface area contributed by atoms with Gasteiger partial charge in [-0.05, 0) is 55.1 Å². The van der Waals surface area contributed by atoms with E-state index in [-0.39, 0.29) is 4.90 Å². The van der Waals surface area contributed by atoms with Crippen LogP contribution >= 0.6 is 0 Å². The molecular weight excluding hydrogens is 402 g/mol. The first kappa shape index (κ1) is 22.1. The molecule has 0 amide bonds. The number of hydrogen-bond donors (Lipinski definition) is 1. The molecule has 0 radical (unpaired) electrons. The third-order valence-corrected chi connectivity index (χ3v) is 6.86. The normalized spacial score (nSPS) is 15.5. The summed E-state index contributed by atoms with van der Waals surface area (Å²) in [5.74, 6) is 0.940. The van der Waals surface area contributed by atoms with E-state index in [9.17, 15) is 8.42 Å². The van der Waals surface area contributed by atoms with Gasteiger partial charge in [-0.2, -0.15) is 0 Å². The Hall–Kier alpha value is -2.58. The minimum Gasteiger partial charge on any atom is -0.496 e. The molecule has 2 aromatic carbocycles. The molecule has 1 heterocycles. The van der Waals surface area contributed by atoms with Crippen molar-refractivity contribution in [3.8, 4) is 16.9 Å². The number of benzene rings is 2. The molecule has 0 saturated carbocycles. The van der Waals surface area contributed by atoms with Crippen molar-refractivity contribution in [1.29, 1.82) is 0 Å². The fourth-order valence-electron chi connectivity index (χ4n) is 3.66. The Kier molecular flexibility index (Phi) is 7.70. The number of hydrogen-bond acceptors (Lipinski definition) is 5. The SMILES string of the molecule is COc1cc(S(=O)(=O)NCCN2CCC(CN=[N+]=[N-])CC2)ccc1-c1ccccc1. The second-order valence-corrected chi connectivity index (χ2v) is 9.09. The number of methoxy groups -OCH3 is 1. The minimum atomic E-state index is -3.63. The predicted molar refractivity (Wildman–Crippen MR) is 117 cm³/mol. The van der Waals surface area contributed by atoms with Crippen LogP contribution in [-0.2, 0) is 10.0 Å². The van der Waals surface area contributed by atoms with Gasteiger partial charge >= 0.3 is 0 Å². The van der Waals surface area contributed by atoms with Crippen LogP contribution < -0.4 is 9.46 Å². The maximum atomic E-state index is 12.7. The van der Waals surface area contributed by atoms with E-state index < -0.39 is 10.0 Å². The Balaban J connectivity index is 1.57. The molecule has 1 saturated heterocycles. The zero-order chi connectivity index (χ0) is 21.4. The van der Waals surface area contributed by atoms with Gasteiger partial charge in [-0.1, -0.05) is 35.4 Å². The lowest BCUT2D eigenvalue weighted by Crippen LogP contribution is -2.40. The van der Waals surface area contributed by atoms with Crippen LogP contribution in [0.25, 0.3) is 21.6 Å². The van der Waals surface area contributed by atoms with Crippen molar-refractivity contribution < 1.29 is 13.2 Å². The van der Waals surface area contributed by atoms with Gasteiger partial charge in [-0.25, -0.2) is 13.1 Å². The number of rotatable bonds is 9. The summed E-state index contributed by atoms with van der Waals surface area (Å²) in [6.45, 7) is 3.29. The molecule has 0 atom stereocenters. The lowest BCUT2D eigenvalue weighted by atomic mass is 9.97. The molecule has 3 rings (SSSR count). The first-order valence-corrected chi connectivity index (χ1v) is 11.5. The summed E-state index contributed by atoms with van der Waals surface area (Å²) >= 11 is 0. The van der Waals surface area contributed by atoms with E-state index in [1.54, 1.807) is 18.2 Å². The zero-order valence-electron chi connectivity index (χ0n) is 17.1. The highest BCUT2D eigenvalue weighted by molar-refractivity contribution is 7.89. The van der Waals surface area contributed by atoms with Crippen LogP contribution in [0.2, 0.25) is 0 Å². The molecule has 0 aliphatic carbocycles. The number of likely N-dealkylation sites (tertiary alicyclic amines) is 1. The van der Waals surface area contributed by atoms with Crippen LogP contribution in [-0.4, -0.2) is 53.2 Å². The van der Waals surface area contributed by atoms with Crippen molar-refractivity contribution in [3.63, 3.8) is 0 Å². The van der Waals surface area contributed by atoms with Crippen molar-refractivity contribution >= 4 is 10.0 Å². The van der Waals surface area contributed by atoms with Crippen molar-refractivity contribution in [2.45, 2.75) is 17.7 Å². The third kappa shape index (κ3) is 5.73. The van der Waals surface area contributed by atoms with Gasteiger partial charge in [0, 0.05) is 36.2 Å². The Morgan fingerprint density at radius 2 is 1.93 bits per heavy atom. The first-order valence-electron chi connectivity index (χ1n) is 10.00. The first-order chi connectivity index (χ1) is 14.5. The second-order valence-electron chi connectivity index (χ2n) is 7.32. The highest BCUT2D eigenvalue weighted by atomic mass is 32.2. The molecule has 1 aliphatic heterocycles. The van der Waals surface area contributed by atoms with Crippen molar-refractivity contribution in [3.05, 3.63) is 59.0 Å². The third-order valence-electron chi connectivity index (χ3n) is 5.40. The van der Waals surface area contributed by atoms with E-state index in [1.807, 2.05) is 30.3 Å². The van der Waals surface area contributed by atoms with Gasteiger partial charge in [0.25, 0.3) is 0 Å². The van der Waals surface area contributed by atoms with Gasteiger partial charge in [-0.15, -0.1) is 0 Å². The number of azide groups is 1. The quantitative estimate of drug-likeness (QED) is 0.373. The molecule has 1 aliphatic rings. The highest BCUT2D eigenvalue weighted by Gasteiger charge is 2.20. The Bertz CT molecular complexity index is 983. The lowest BCUT2D eigenvalue weighted by Gasteiger charge is -2.31. The fraction of sp³-hybridized carbons (Fsp3) is 0.429. The number of nitrogens with one attached hydrogen (secondary N) is 1. The topological polar surface area (TPSA) is 107 Å². The summed E-state index contributed by atoms with van der Waals surface area (Å²) in [6.07, 6.45) is 1.92. The summed E-state index contributed by atoms with van der Waals surface area (Å²) < 4.78 is 33.6. The second kappa shape index (κ2) is 10.4. The number of sulfonamides is 1. The van der Waals surface area contributed by atoms with Crippen LogP contribution in [0.15, 0.2) is 58.5 Å². The summed E-state index contributed by atoms with van der Waals surface area (Å²) in [5.41, 5.74) is 10.2. The molecule has 0 aromatic heterocycles. The van der Waals surface area contributed by atoms with Crippen LogP contribution in [0.3, 0.4) is 0 Å². The van der Waals surface area contributed by atoms with E-state index in [2.05, 4.69) is 19.6 Å². The van der Waals surface area contributed by atoms with Crippen LogP contribution in [0, 0.1) is 5.92 Å². The molecule has 1 N–H and O–H groups in total. The van der Waals surface area contributed by atoms with Crippen molar-refractivity contribution in [1.82, 2.24) is 9.62 Å². The summed E-state index contributed by atoms with van der Waals surface area (Å²) in [7, 11) is -2.09. The smallest absolute Gasteiger partial charge is 0.240 e. The minimum absolute atomic E-state index is 0.187. The van der Waals surface area contributed by atoms with Gasteiger partial charge in [0.15, 0.2) is 0 Å². The van der Waals surface area contributed by atoms with Gasteiger partial charge in [-0.3, -0.25) is 0 Å². The summed E-state index contributed by atoms with van der Waals surface area (Å²) in [4.78, 5) is 5.23. The fourth-order valence-corrected chi connectivity index (χ4v) is 4.70. The molecular formula is C21H27N5O3S. The number of piperidine rings is 1. The molecule has 0 unspecified atom stereocenters. The van der Waals surface area contributed by atoms with Crippen molar-refractivity contribution in [2.75, 3.05) is 39.8 Å². The summed E-state index contributed by atoms with van der Waals surface area (Å²) in [6, 6.07) is 14.7. The largest absolute Gasteiger partial charge is 0.496 e. The molecule has 160 valence electrons. The lowest BCUT2D eigenvalue weighted by molar-refractivity contribution is 0.190. The highest BCUT2D eigenvalue weighted by Crippen LogP contribution is 2.31. The predicted octanol–water partition coefficient (Wildman–Crippen LogP) is 3.66. The van der Waals surface area contributed by atoms with Crippen LogP contribution in [0.4, 0.5) is 0 Å². The molecule has 8 nitrogen and oxygen atoms in total. The standard InChI is InChI=1S/C21H27N5O3S/c1-29-21-15-19(7-8-20(21)18-5-3-2-4-6-18)30(27,28)24-11-14-26-12-9-17(10-13-26)16-23-25-22/h2-8,15,17,24H,9-14,16H2,1H3. The number of nitrogens with zero attached hydrogens (tertiary/aromatic N) is 4. The van der Waals surface area contributed by atoms with Gasteiger partial charge in [0.1, 0.15) is 5.75 Å².